The first kappa shape index (κ1) is 6.42. The summed E-state index contributed by atoms with van der Waals surface area (Å²) in [4.78, 5) is 4.12. The third kappa shape index (κ3) is 1.61. The minimum absolute atomic E-state index is 0.819. The van der Waals surface area contributed by atoms with Crippen molar-refractivity contribution in [2.24, 2.45) is 0 Å². The largest absolute Gasteiger partial charge is 0.221 e. The summed E-state index contributed by atoms with van der Waals surface area (Å²) in [7, 11) is 0. The first-order valence-corrected chi connectivity index (χ1v) is 3.53. The van der Waals surface area contributed by atoms with E-state index in [4.69, 9.17) is 0 Å². The molecule has 0 N–H and O–H groups in total. The monoisotopic (exact) mass is 140 g/mol. The maximum Gasteiger partial charge on any atom is 0.165 e. The molecule has 0 radical (unpaired) electrons. The molecule has 1 heterocycles. The standard InChI is InChI=1S/C6H8N2S/c1-3-4-6-7-5(2)9-8-6/h3-4H,1-2H3/b4-3+. The van der Waals surface area contributed by atoms with Crippen LogP contribution in [0.15, 0.2) is 6.08 Å². The van der Waals surface area contributed by atoms with Crippen LogP contribution < -0.4 is 0 Å². The van der Waals surface area contributed by atoms with Gasteiger partial charge in [0.1, 0.15) is 5.01 Å². The van der Waals surface area contributed by atoms with Gasteiger partial charge in [0.2, 0.25) is 0 Å². The van der Waals surface area contributed by atoms with E-state index in [0.717, 1.165) is 10.8 Å². The van der Waals surface area contributed by atoms with Crippen molar-refractivity contribution in [2.45, 2.75) is 13.8 Å². The second kappa shape index (κ2) is 2.73. The number of hydrogen-bond donors (Lipinski definition) is 0. The predicted molar refractivity (Wildman–Crippen MR) is 39.4 cm³/mol. The number of rotatable bonds is 1. The van der Waals surface area contributed by atoms with E-state index in [-0.39, 0.29) is 0 Å². The van der Waals surface area contributed by atoms with Crippen molar-refractivity contribution in [3.63, 3.8) is 0 Å². The van der Waals surface area contributed by atoms with Crippen LogP contribution in [0.5, 0.6) is 0 Å². The zero-order valence-corrected chi connectivity index (χ0v) is 6.27. The fraction of sp³-hybridized carbons (Fsp3) is 0.333. The molecule has 0 aromatic carbocycles. The number of allylic oxidation sites excluding steroid dienone is 1. The topological polar surface area (TPSA) is 25.8 Å². The van der Waals surface area contributed by atoms with Crippen molar-refractivity contribution in [1.82, 2.24) is 9.36 Å². The van der Waals surface area contributed by atoms with Crippen LogP contribution in [0.3, 0.4) is 0 Å². The average Bonchev–Trinajstić information content (AvgIpc) is 2.17. The van der Waals surface area contributed by atoms with Gasteiger partial charge >= 0.3 is 0 Å². The van der Waals surface area contributed by atoms with Crippen molar-refractivity contribution in [2.75, 3.05) is 0 Å². The first-order chi connectivity index (χ1) is 4.33. The summed E-state index contributed by atoms with van der Waals surface area (Å²) in [5.74, 6) is 0.819. The van der Waals surface area contributed by atoms with E-state index < -0.39 is 0 Å². The van der Waals surface area contributed by atoms with Crippen molar-refractivity contribution >= 4 is 17.6 Å². The summed E-state index contributed by atoms with van der Waals surface area (Å²) >= 11 is 1.43. The quantitative estimate of drug-likeness (QED) is 0.595. The van der Waals surface area contributed by atoms with Crippen LogP contribution in [-0.4, -0.2) is 9.36 Å². The van der Waals surface area contributed by atoms with Crippen LogP contribution in [0.25, 0.3) is 6.08 Å². The Morgan fingerprint density at radius 1 is 1.56 bits per heavy atom. The SMILES string of the molecule is C/C=C/c1nsc(C)n1. The summed E-state index contributed by atoms with van der Waals surface area (Å²) < 4.78 is 4.05. The van der Waals surface area contributed by atoms with E-state index in [0.29, 0.717) is 0 Å². The summed E-state index contributed by atoms with van der Waals surface area (Å²) in [6, 6.07) is 0. The highest BCUT2D eigenvalue weighted by Gasteiger charge is 1.91. The van der Waals surface area contributed by atoms with Gasteiger partial charge in [0.25, 0.3) is 0 Å². The molecule has 0 unspecified atom stereocenters. The smallest absolute Gasteiger partial charge is 0.165 e. The van der Waals surface area contributed by atoms with E-state index >= 15 is 0 Å². The highest BCUT2D eigenvalue weighted by Crippen LogP contribution is 2.02. The third-order valence-electron chi connectivity index (χ3n) is 0.859. The molecule has 0 fully saturated rings. The van der Waals surface area contributed by atoms with Crippen molar-refractivity contribution in [3.8, 4) is 0 Å². The first-order valence-electron chi connectivity index (χ1n) is 2.76. The fourth-order valence-electron chi connectivity index (χ4n) is 0.532. The maximum atomic E-state index is 4.12. The van der Waals surface area contributed by atoms with Crippen molar-refractivity contribution in [1.29, 1.82) is 0 Å². The number of nitrogens with zero attached hydrogens (tertiary/aromatic N) is 2. The lowest BCUT2D eigenvalue weighted by molar-refractivity contribution is 1.22. The van der Waals surface area contributed by atoms with E-state index in [9.17, 15) is 0 Å². The lowest BCUT2D eigenvalue weighted by Crippen LogP contribution is -1.72. The molecule has 0 amide bonds. The predicted octanol–water partition coefficient (Wildman–Crippen LogP) is 1.88. The summed E-state index contributed by atoms with van der Waals surface area (Å²) in [5, 5.41) is 1.02. The molecule has 2 nitrogen and oxygen atoms in total. The Morgan fingerprint density at radius 3 is 2.78 bits per heavy atom. The number of aryl methyl sites for hydroxylation is 1. The molecule has 0 saturated heterocycles. The number of aromatic nitrogens is 2. The fourth-order valence-corrected chi connectivity index (χ4v) is 0.993. The molecule has 0 aliphatic rings. The van der Waals surface area contributed by atoms with Gasteiger partial charge in [0, 0.05) is 0 Å². The van der Waals surface area contributed by atoms with Crippen LogP contribution >= 0.6 is 11.5 Å². The molecule has 0 atom stereocenters. The van der Waals surface area contributed by atoms with E-state index in [1.165, 1.54) is 11.5 Å². The van der Waals surface area contributed by atoms with E-state index in [2.05, 4.69) is 9.36 Å². The molecule has 0 aliphatic heterocycles. The zero-order chi connectivity index (χ0) is 6.69. The van der Waals surface area contributed by atoms with Crippen molar-refractivity contribution in [3.05, 3.63) is 16.9 Å². The Morgan fingerprint density at radius 2 is 2.33 bits per heavy atom. The summed E-state index contributed by atoms with van der Waals surface area (Å²) in [6.45, 7) is 3.90. The van der Waals surface area contributed by atoms with Gasteiger partial charge in [-0.3, -0.25) is 0 Å². The Balaban J connectivity index is 2.85. The van der Waals surface area contributed by atoms with Crippen LogP contribution in [0.4, 0.5) is 0 Å². The molecule has 0 saturated carbocycles. The zero-order valence-electron chi connectivity index (χ0n) is 5.46. The van der Waals surface area contributed by atoms with Gasteiger partial charge in [-0.15, -0.1) is 0 Å². The van der Waals surface area contributed by atoms with E-state index in [1.54, 1.807) is 0 Å². The highest BCUT2D eigenvalue weighted by molar-refractivity contribution is 7.05. The number of hydrogen-bond acceptors (Lipinski definition) is 3. The lowest BCUT2D eigenvalue weighted by atomic mass is 10.5. The van der Waals surface area contributed by atoms with Crippen molar-refractivity contribution < 1.29 is 0 Å². The van der Waals surface area contributed by atoms with Gasteiger partial charge in [-0.2, -0.15) is 4.37 Å². The maximum absolute atomic E-state index is 4.12. The molecule has 0 bridgehead atoms. The molecule has 1 aromatic heterocycles. The molecule has 1 aromatic rings. The van der Waals surface area contributed by atoms with Crippen LogP contribution in [0, 0.1) is 6.92 Å². The Labute approximate surface area is 58.4 Å². The van der Waals surface area contributed by atoms with Crippen LogP contribution in [0.1, 0.15) is 17.8 Å². The van der Waals surface area contributed by atoms with E-state index in [1.807, 2.05) is 26.0 Å². The van der Waals surface area contributed by atoms with Gasteiger partial charge < -0.3 is 0 Å². The highest BCUT2D eigenvalue weighted by atomic mass is 32.1. The molecular formula is C6H8N2S. The molecule has 48 valence electrons. The normalized spacial score (nSPS) is 10.9. The van der Waals surface area contributed by atoms with Gasteiger partial charge in [-0.1, -0.05) is 6.08 Å². The third-order valence-corrected chi connectivity index (χ3v) is 1.49. The molecule has 0 spiro atoms. The molecule has 0 aliphatic carbocycles. The second-order valence-electron chi connectivity index (χ2n) is 1.67. The summed E-state index contributed by atoms with van der Waals surface area (Å²) in [5.41, 5.74) is 0. The Hall–Kier alpha value is -0.700. The average molecular weight is 140 g/mol. The minimum Gasteiger partial charge on any atom is -0.221 e. The van der Waals surface area contributed by atoms with Gasteiger partial charge in [0.05, 0.1) is 0 Å². The molecular weight excluding hydrogens is 132 g/mol. The molecule has 9 heavy (non-hydrogen) atoms. The Kier molecular flexibility index (Phi) is 1.95. The molecule has 3 heteroatoms. The van der Waals surface area contributed by atoms with Gasteiger partial charge in [-0.25, -0.2) is 4.98 Å². The second-order valence-corrected chi connectivity index (χ2v) is 2.63. The molecule has 1 rings (SSSR count). The van der Waals surface area contributed by atoms with Gasteiger partial charge in [-0.05, 0) is 31.5 Å². The Bertz CT molecular complexity index is 215. The summed E-state index contributed by atoms with van der Waals surface area (Å²) in [6.07, 6.45) is 3.82. The lowest BCUT2D eigenvalue weighted by Gasteiger charge is -1.74. The minimum atomic E-state index is 0.819. The van der Waals surface area contributed by atoms with Gasteiger partial charge in [0.15, 0.2) is 5.82 Å². The van der Waals surface area contributed by atoms with Crippen LogP contribution in [-0.2, 0) is 0 Å². The van der Waals surface area contributed by atoms with Crippen LogP contribution in [0.2, 0.25) is 0 Å².